The van der Waals surface area contributed by atoms with Crippen molar-refractivity contribution in [3.8, 4) is 0 Å². The first-order valence-corrected chi connectivity index (χ1v) is 11.2. The second-order valence-electron chi connectivity index (χ2n) is 8.80. The van der Waals surface area contributed by atoms with E-state index in [4.69, 9.17) is 14.2 Å². The van der Waals surface area contributed by atoms with Crippen LogP contribution < -0.4 is 0 Å². The van der Waals surface area contributed by atoms with Gasteiger partial charge < -0.3 is 18.8 Å². The van der Waals surface area contributed by atoms with Gasteiger partial charge in [-0.1, -0.05) is 48.5 Å². The first kappa shape index (κ1) is 23.5. The highest BCUT2D eigenvalue weighted by Crippen LogP contribution is 2.49. The minimum Gasteiger partial charge on any atom is -0.469 e. The SMILES string of the molecule is COC(=O)C1Cc2c(c3ccccc3n2C)C(c2ccccc2)CC(C(=O)OC)(C(=O)OC)C1. The van der Waals surface area contributed by atoms with Crippen LogP contribution in [0, 0.1) is 11.3 Å². The summed E-state index contributed by atoms with van der Waals surface area (Å²) in [7, 11) is 5.79. The van der Waals surface area contributed by atoms with Crippen LogP contribution in [-0.4, -0.2) is 43.8 Å². The number of methoxy groups -OCH3 is 3. The summed E-state index contributed by atoms with van der Waals surface area (Å²) in [5.41, 5.74) is 2.29. The van der Waals surface area contributed by atoms with Gasteiger partial charge in [-0.3, -0.25) is 14.4 Å². The number of rotatable bonds is 4. The summed E-state index contributed by atoms with van der Waals surface area (Å²) in [6, 6.07) is 17.8. The molecule has 0 amide bonds. The van der Waals surface area contributed by atoms with E-state index in [1.54, 1.807) is 0 Å². The maximum Gasteiger partial charge on any atom is 0.323 e. The predicted octanol–water partition coefficient (Wildman–Crippen LogP) is 3.77. The van der Waals surface area contributed by atoms with Gasteiger partial charge in [0.05, 0.1) is 27.2 Å². The van der Waals surface area contributed by atoms with E-state index in [-0.39, 0.29) is 18.8 Å². The van der Waals surface area contributed by atoms with E-state index in [0.29, 0.717) is 6.42 Å². The zero-order valence-corrected chi connectivity index (χ0v) is 19.9. The Kier molecular flexibility index (Phi) is 6.46. The van der Waals surface area contributed by atoms with Crippen molar-refractivity contribution in [1.82, 2.24) is 4.57 Å². The number of carbonyl (C=O) groups is 3. The van der Waals surface area contributed by atoms with Gasteiger partial charge in [-0.25, -0.2) is 0 Å². The number of para-hydroxylation sites is 1. The van der Waals surface area contributed by atoms with Crippen molar-refractivity contribution >= 4 is 28.8 Å². The zero-order valence-electron chi connectivity index (χ0n) is 19.9. The largest absolute Gasteiger partial charge is 0.469 e. The summed E-state index contributed by atoms with van der Waals surface area (Å²) in [5.74, 6) is -2.94. The number of nitrogens with zero attached hydrogens (tertiary/aromatic N) is 1. The summed E-state index contributed by atoms with van der Waals surface area (Å²) >= 11 is 0. The molecule has 0 radical (unpaired) electrons. The monoisotopic (exact) mass is 463 g/mol. The molecule has 4 rings (SSSR count). The lowest BCUT2D eigenvalue weighted by Crippen LogP contribution is -2.46. The molecule has 0 bridgehead atoms. The number of fused-ring (bicyclic) bond motifs is 3. The lowest BCUT2D eigenvalue weighted by Gasteiger charge is -2.36. The summed E-state index contributed by atoms with van der Waals surface area (Å²) < 4.78 is 17.5. The molecule has 0 fully saturated rings. The number of aryl methyl sites for hydroxylation is 1. The number of esters is 3. The standard InChI is InChI=1S/C27H29NO6/c1-28-21-13-9-8-12-19(21)23-20(17-10-6-5-7-11-17)16-27(25(30)33-3,26(31)34-4)15-18(14-22(23)28)24(29)32-2/h5-13,18,20H,14-16H2,1-4H3. The van der Waals surface area contributed by atoms with Gasteiger partial charge in [0, 0.05) is 36.0 Å². The van der Waals surface area contributed by atoms with Crippen molar-refractivity contribution < 1.29 is 28.6 Å². The van der Waals surface area contributed by atoms with Crippen LogP contribution in [0.5, 0.6) is 0 Å². The number of benzene rings is 2. The Hall–Kier alpha value is -3.61. The summed E-state index contributed by atoms with van der Waals surface area (Å²) in [5, 5.41) is 1.02. The molecule has 0 aliphatic heterocycles. The van der Waals surface area contributed by atoms with Crippen molar-refractivity contribution in [1.29, 1.82) is 0 Å². The van der Waals surface area contributed by atoms with Crippen LogP contribution in [0.25, 0.3) is 10.9 Å². The van der Waals surface area contributed by atoms with E-state index in [9.17, 15) is 14.4 Å². The fourth-order valence-electron chi connectivity index (χ4n) is 5.48. The van der Waals surface area contributed by atoms with E-state index in [2.05, 4.69) is 4.57 Å². The maximum atomic E-state index is 13.3. The van der Waals surface area contributed by atoms with Gasteiger partial charge in [-0.15, -0.1) is 0 Å². The molecule has 0 saturated carbocycles. The number of aromatic nitrogens is 1. The highest BCUT2D eigenvalue weighted by Gasteiger charge is 2.54. The lowest BCUT2D eigenvalue weighted by atomic mass is 9.66. The Morgan fingerprint density at radius 2 is 1.47 bits per heavy atom. The van der Waals surface area contributed by atoms with Crippen LogP contribution in [0.15, 0.2) is 54.6 Å². The third-order valence-electron chi connectivity index (χ3n) is 7.10. The molecule has 7 heteroatoms. The van der Waals surface area contributed by atoms with Crippen LogP contribution in [0.2, 0.25) is 0 Å². The molecule has 1 aliphatic carbocycles. The summed E-state index contributed by atoms with van der Waals surface area (Å²) in [4.78, 5) is 39.5. The first-order chi connectivity index (χ1) is 16.4. The van der Waals surface area contributed by atoms with Crippen molar-refractivity contribution in [2.75, 3.05) is 21.3 Å². The first-order valence-electron chi connectivity index (χ1n) is 11.2. The van der Waals surface area contributed by atoms with Crippen LogP contribution in [0.4, 0.5) is 0 Å². The van der Waals surface area contributed by atoms with Crippen LogP contribution >= 0.6 is 0 Å². The quantitative estimate of drug-likeness (QED) is 0.333. The van der Waals surface area contributed by atoms with Gasteiger partial charge >= 0.3 is 17.9 Å². The third kappa shape index (κ3) is 3.75. The topological polar surface area (TPSA) is 83.8 Å². The average molecular weight is 464 g/mol. The molecule has 178 valence electrons. The average Bonchev–Trinajstić information content (AvgIpc) is 3.14. The third-order valence-corrected chi connectivity index (χ3v) is 7.10. The van der Waals surface area contributed by atoms with E-state index in [1.165, 1.54) is 21.3 Å². The van der Waals surface area contributed by atoms with Crippen LogP contribution in [0.1, 0.15) is 35.6 Å². The van der Waals surface area contributed by atoms with Gasteiger partial charge in [0.1, 0.15) is 0 Å². The second-order valence-corrected chi connectivity index (χ2v) is 8.80. The molecule has 0 saturated heterocycles. The molecule has 3 aromatic rings. The second kappa shape index (κ2) is 9.33. The van der Waals surface area contributed by atoms with E-state index >= 15 is 0 Å². The van der Waals surface area contributed by atoms with Gasteiger partial charge in [-0.2, -0.15) is 0 Å². The van der Waals surface area contributed by atoms with Crippen molar-refractivity contribution in [3.63, 3.8) is 0 Å². The van der Waals surface area contributed by atoms with E-state index in [0.717, 1.165) is 27.7 Å². The number of ether oxygens (including phenoxy) is 3. The Bertz CT molecular complexity index is 1210. The molecule has 7 nitrogen and oxygen atoms in total. The molecule has 1 heterocycles. The molecule has 1 aliphatic rings. The van der Waals surface area contributed by atoms with Crippen molar-refractivity contribution in [2.45, 2.75) is 25.2 Å². The number of hydrogen-bond donors (Lipinski definition) is 0. The van der Waals surface area contributed by atoms with Gasteiger partial charge in [0.2, 0.25) is 0 Å². The van der Waals surface area contributed by atoms with Crippen LogP contribution in [0.3, 0.4) is 0 Å². The summed E-state index contributed by atoms with van der Waals surface area (Å²) in [6.07, 6.45) is 0.348. The van der Waals surface area contributed by atoms with Crippen LogP contribution in [-0.2, 0) is 42.1 Å². The van der Waals surface area contributed by atoms with Gasteiger partial charge in [-0.05, 0) is 30.0 Å². The fraction of sp³-hybridized carbons (Fsp3) is 0.370. The maximum absolute atomic E-state index is 13.3. The molecular formula is C27H29NO6. The van der Waals surface area contributed by atoms with Crippen molar-refractivity contribution in [3.05, 3.63) is 71.4 Å². The summed E-state index contributed by atoms with van der Waals surface area (Å²) in [6.45, 7) is 0. The minimum absolute atomic E-state index is 0.0662. The molecule has 34 heavy (non-hydrogen) atoms. The normalized spacial score (nSPS) is 19.4. The Morgan fingerprint density at radius 1 is 0.853 bits per heavy atom. The van der Waals surface area contributed by atoms with E-state index < -0.39 is 29.2 Å². The highest BCUT2D eigenvalue weighted by molar-refractivity contribution is 6.01. The Balaban J connectivity index is 2.06. The lowest BCUT2D eigenvalue weighted by molar-refractivity contribution is -0.172. The van der Waals surface area contributed by atoms with Gasteiger partial charge in [0.15, 0.2) is 5.41 Å². The van der Waals surface area contributed by atoms with Crippen molar-refractivity contribution in [2.24, 2.45) is 18.4 Å². The molecule has 1 aromatic heterocycles. The number of hydrogen-bond acceptors (Lipinski definition) is 6. The minimum atomic E-state index is -1.67. The predicted molar refractivity (Wildman–Crippen MR) is 126 cm³/mol. The highest BCUT2D eigenvalue weighted by atomic mass is 16.5. The Morgan fingerprint density at radius 3 is 2.09 bits per heavy atom. The molecular weight excluding hydrogens is 434 g/mol. The molecule has 2 unspecified atom stereocenters. The number of carbonyl (C=O) groups excluding carboxylic acids is 3. The molecule has 0 spiro atoms. The fourth-order valence-corrected chi connectivity index (χ4v) is 5.48. The smallest absolute Gasteiger partial charge is 0.323 e. The molecule has 2 aromatic carbocycles. The zero-order chi connectivity index (χ0) is 24.5. The Labute approximate surface area is 198 Å². The molecule has 2 atom stereocenters. The van der Waals surface area contributed by atoms with E-state index in [1.807, 2.05) is 61.6 Å². The van der Waals surface area contributed by atoms with Gasteiger partial charge in [0.25, 0.3) is 0 Å². The molecule has 0 N–H and O–H groups in total.